The number of hydrazone groups is 1. The Bertz CT molecular complexity index is 1010. The lowest BCUT2D eigenvalue weighted by atomic mass is 10.2. The van der Waals surface area contributed by atoms with E-state index < -0.39 is 0 Å². The molecule has 0 N–H and O–H groups in total. The van der Waals surface area contributed by atoms with Gasteiger partial charge in [-0.3, -0.25) is 18.5 Å². The summed E-state index contributed by atoms with van der Waals surface area (Å²) < 4.78 is 4.70. The van der Waals surface area contributed by atoms with Crippen molar-refractivity contribution in [2.45, 2.75) is 53.1 Å². The van der Waals surface area contributed by atoms with E-state index in [1.807, 2.05) is 44.4 Å². The zero-order chi connectivity index (χ0) is 19.0. The Morgan fingerprint density at radius 3 is 2.65 bits per heavy atom. The SMILES string of the molecule is C/C=C\CN1N=C(C)[C@H](C)n2c1nc1c2c(=O)n(CCCC)c(=O)n1C. The zero-order valence-electron chi connectivity index (χ0n) is 16.1. The van der Waals surface area contributed by atoms with Crippen molar-refractivity contribution in [3.8, 4) is 0 Å². The second-order valence-corrected chi connectivity index (χ2v) is 6.67. The van der Waals surface area contributed by atoms with Crippen LogP contribution in [0.4, 0.5) is 5.95 Å². The molecule has 1 atom stereocenters. The molecule has 0 saturated heterocycles. The van der Waals surface area contributed by atoms with Gasteiger partial charge in [-0.1, -0.05) is 25.5 Å². The quantitative estimate of drug-likeness (QED) is 0.766. The van der Waals surface area contributed by atoms with E-state index in [-0.39, 0.29) is 17.3 Å². The van der Waals surface area contributed by atoms with Crippen LogP contribution in [-0.2, 0) is 13.6 Å². The molecule has 0 radical (unpaired) electrons. The Labute approximate surface area is 152 Å². The van der Waals surface area contributed by atoms with Gasteiger partial charge in [-0.05, 0) is 27.2 Å². The molecule has 0 aliphatic carbocycles. The van der Waals surface area contributed by atoms with Crippen LogP contribution in [0, 0.1) is 0 Å². The van der Waals surface area contributed by atoms with Crippen LogP contribution >= 0.6 is 0 Å². The molecule has 140 valence electrons. The number of nitrogens with zero attached hydrogens (tertiary/aromatic N) is 6. The van der Waals surface area contributed by atoms with E-state index in [0.29, 0.717) is 30.2 Å². The third-order valence-corrected chi connectivity index (χ3v) is 4.91. The summed E-state index contributed by atoms with van der Waals surface area (Å²) in [6, 6.07) is -0.0957. The molecule has 0 amide bonds. The van der Waals surface area contributed by atoms with Gasteiger partial charge in [0.1, 0.15) is 0 Å². The van der Waals surface area contributed by atoms with Crippen LogP contribution < -0.4 is 16.3 Å². The standard InChI is InChI=1S/C18H26N6O2/c1-6-8-10-22-16(25)14-15(21(5)18(22)26)19-17-23(11-9-7-2)20-12(3)13(4)24(14)17/h7,9,13H,6,8,10-11H2,1-5H3/b9-7-/t13-/m0/s1. The first-order valence-electron chi connectivity index (χ1n) is 9.07. The topological polar surface area (TPSA) is 77.4 Å². The molecule has 0 bridgehead atoms. The predicted octanol–water partition coefficient (Wildman–Crippen LogP) is 2.03. The van der Waals surface area contributed by atoms with Crippen LogP contribution in [-0.4, -0.2) is 30.9 Å². The zero-order valence-corrected chi connectivity index (χ0v) is 16.1. The molecule has 1 aliphatic rings. The van der Waals surface area contributed by atoms with Gasteiger partial charge in [0.25, 0.3) is 5.56 Å². The van der Waals surface area contributed by atoms with Gasteiger partial charge in [0.05, 0.1) is 18.3 Å². The maximum absolute atomic E-state index is 13.1. The second kappa shape index (κ2) is 6.93. The van der Waals surface area contributed by atoms with Gasteiger partial charge in [0.2, 0.25) is 5.95 Å². The molecule has 8 heteroatoms. The maximum Gasteiger partial charge on any atom is 0.332 e. The summed E-state index contributed by atoms with van der Waals surface area (Å²) in [5.41, 5.74) is 1.17. The van der Waals surface area contributed by atoms with E-state index in [1.54, 1.807) is 12.1 Å². The van der Waals surface area contributed by atoms with E-state index in [4.69, 9.17) is 0 Å². The van der Waals surface area contributed by atoms with Gasteiger partial charge < -0.3 is 0 Å². The van der Waals surface area contributed by atoms with Crippen molar-refractivity contribution < 1.29 is 0 Å². The normalized spacial score (nSPS) is 17.2. The first-order chi connectivity index (χ1) is 12.4. The third kappa shape index (κ3) is 2.69. The minimum absolute atomic E-state index is 0.0957. The Morgan fingerprint density at radius 2 is 2.00 bits per heavy atom. The number of hydrogen-bond acceptors (Lipinski definition) is 5. The van der Waals surface area contributed by atoms with E-state index in [1.165, 1.54) is 9.13 Å². The second-order valence-electron chi connectivity index (χ2n) is 6.67. The highest BCUT2D eigenvalue weighted by Crippen LogP contribution is 2.29. The number of anilines is 1. The number of unbranched alkanes of at least 4 members (excludes halogenated alkanes) is 1. The Balaban J connectivity index is 2.32. The van der Waals surface area contributed by atoms with Crippen molar-refractivity contribution in [2.75, 3.05) is 11.6 Å². The van der Waals surface area contributed by atoms with Crippen molar-refractivity contribution in [3.05, 3.63) is 33.0 Å². The summed E-state index contributed by atoms with van der Waals surface area (Å²) in [5, 5.41) is 6.38. The highest BCUT2D eigenvalue weighted by Gasteiger charge is 2.30. The molecule has 3 heterocycles. The van der Waals surface area contributed by atoms with Crippen molar-refractivity contribution in [2.24, 2.45) is 12.1 Å². The van der Waals surface area contributed by atoms with Gasteiger partial charge in [-0.2, -0.15) is 10.1 Å². The van der Waals surface area contributed by atoms with Crippen molar-refractivity contribution in [3.63, 3.8) is 0 Å². The lowest BCUT2D eigenvalue weighted by Crippen LogP contribution is -2.40. The largest absolute Gasteiger partial charge is 0.332 e. The molecule has 0 aromatic carbocycles. The lowest BCUT2D eigenvalue weighted by Gasteiger charge is -2.28. The predicted molar refractivity (Wildman–Crippen MR) is 104 cm³/mol. The van der Waals surface area contributed by atoms with Crippen LogP contribution in [0.2, 0.25) is 0 Å². The fourth-order valence-corrected chi connectivity index (χ4v) is 3.22. The van der Waals surface area contributed by atoms with Gasteiger partial charge in [-0.25, -0.2) is 9.80 Å². The maximum atomic E-state index is 13.1. The van der Waals surface area contributed by atoms with E-state index in [2.05, 4.69) is 10.1 Å². The molecular weight excluding hydrogens is 332 g/mol. The highest BCUT2D eigenvalue weighted by molar-refractivity contribution is 5.91. The molecule has 0 unspecified atom stereocenters. The number of allylic oxidation sites excluding steroid dienone is 1. The molecule has 0 fully saturated rings. The minimum atomic E-state index is -0.323. The fraction of sp³-hybridized carbons (Fsp3) is 0.556. The molecule has 8 nitrogen and oxygen atoms in total. The van der Waals surface area contributed by atoms with Crippen molar-refractivity contribution in [1.29, 1.82) is 0 Å². The molecule has 2 aromatic rings. The van der Waals surface area contributed by atoms with Crippen LogP contribution in [0.5, 0.6) is 0 Å². The average molecular weight is 358 g/mol. The lowest BCUT2D eigenvalue weighted by molar-refractivity contribution is 0.563. The summed E-state index contributed by atoms with van der Waals surface area (Å²) in [4.78, 5) is 30.4. The van der Waals surface area contributed by atoms with Crippen molar-refractivity contribution >= 4 is 22.8 Å². The Hall–Kier alpha value is -2.64. The van der Waals surface area contributed by atoms with Crippen LogP contribution in [0.15, 0.2) is 26.8 Å². The molecule has 0 spiro atoms. The molecule has 1 aliphatic heterocycles. The fourth-order valence-electron chi connectivity index (χ4n) is 3.22. The Kier molecular flexibility index (Phi) is 4.84. The van der Waals surface area contributed by atoms with Crippen LogP contribution in [0.3, 0.4) is 0 Å². The van der Waals surface area contributed by atoms with E-state index in [9.17, 15) is 9.59 Å². The van der Waals surface area contributed by atoms with Gasteiger partial charge in [-0.15, -0.1) is 0 Å². The smallest absolute Gasteiger partial charge is 0.294 e. The molecule has 26 heavy (non-hydrogen) atoms. The third-order valence-electron chi connectivity index (χ3n) is 4.91. The summed E-state index contributed by atoms with van der Waals surface area (Å²) in [7, 11) is 1.67. The first-order valence-corrected chi connectivity index (χ1v) is 9.07. The number of rotatable bonds is 5. The summed E-state index contributed by atoms with van der Waals surface area (Å²) in [5.74, 6) is 0.594. The Morgan fingerprint density at radius 1 is 1.27 bits per heavy atom. The van der Waals surface area contributed by atoms with Gasteiger partial charge in [0, 0.05) is 13.6 Å². The van der Waals surface area contributed by atoms with Crippen LogP contribution in [0.25, 0.3) is 11.2 Å². The summed E-state index contributed by atoms with van der Waals surface area (Å²) >= 11 is 0. The van der Waals surface area contributed by atoms with E-state index >= 15 is 0 Å². The molecular formula is C18H26N6O2. The number of hydrogen-bond donors (Lipinski definition) is 0. The van der Waals surface area contributed by atoms with Gasteiger partial charge in [0.15, 0.2) is 11.2 Å². The highest BCUT2D eigenvalue weighted by atomic mass is 16.2. The molecule has 2 aromatic heterocycles. The average Bonchev–Trinajstić information content (AvgIpc) is 3.03. The van der Waals surface area contributed by atoms with Gasteiger partial charge >= 0.3 is 5.69 Å². The van der Waals surface area contributed by atoms with Crippen molar-refractivity contribution in [1.82, 2.24) is 18.7 Å². The summed E-state index contributed by atoms with van der Waals surface area (Å²) in [6.07, 6.45) is 5.63. The minimum Gasteiger partial charge on any atom is -0.294 e. The number of fused-ring (bicyclic) bond motifs is 3. The molecule has 0 saturated carbocycles. The number of aromatic nitrogens is 4. The number of aryl methyl sites for hydroxylation is 1. The summed E-state index contributed by atoms with van der Waals surface area (Å²) in [6.45, 7) is 8.90. The first kappa shape index (κ1) is 18.2. The van der Waals surface area contributed by atoms with Crippen LogP contribution in [0.1, 0.15) is 46.6 Å². The monoisotopic (exact) mass is 358 g/mol. The van der Waals surface area contributed by atoms with E-state index in [0.717, 1.165) is 18.6 Å². The number of imidazole rings is 1. The molecule has 3 rings (SSSR count).